The van der Waals surface area contributed by atoms with Crippen LogP contribution < -0.4 is 0 Å². The van der Waals surface area contributed by atoms with Crippen molar-refractivity contribution < 1.29 is 9.50 Å². The molecule has 0 spiro atoms. The first-order valence-electron chi connectivity index (χ1n) is 7.50. The second-order valence-corrected chi connectivity index (χ2v) is 6.21. The molecule has 0 unspecified atom stereocenters. The quantitative estimate of drug-likeness (QED) is 0.939. The van der Waals surface area contributed by atoms with Crippen molar-refractivity contribution in [2.75, 3.05) is 13.6 Å². The molecule has 0 bridgehead atoms. The minimum Gasteiger partial charge on any atom is -0.389 e. The van der Waals surface area contributed by atoms with E-state index in [-0.39, 0.29) is 5.82 Å². The lowest BCUT2D eigenvalue weighted by atomic mass is 10.0. The van der Waals surface area contributed by atoms with Gasteiger partial charge in [-0.15, -0.1) is 0 Å². The number of likely N-dealkylation sites (N-methyl/N-ethyl adjacent to an activating group) is 1. The van der Waals surface area contributed by atoms with E-state index in [2.05, 4.69) is 9.88 Å². The molecule has 0 atom stereocenters. The number of rotatable bonds is 4. The summed E-state index contributed by atoms with van der Waals surface area (Å²) in [5.41, 5.74) is 1.15. The fourth-order valence-corrected chi connectivity index (χ4v) is 3.36. The Balaban J connectivity index is 1.80. The van der Waals surface area contributed by atoms with E-state index in [0.717, 1.165) is 31.2 Å². The van der Waals surface area contributed by atoms with Gasteiger partial charge in [-0.25, -0.2) is 4.39 Å². The van der Waals surface area contributed by atoms with Gasteiger partial charge in [0.25, 0.3) is 0 Å². The van der Waals surface area contributed by atoms with Crippen LogP contribution in [0.4, 0.5) is 4.39 Å². The molecule has 0 radical (unpaired) electrons. The van der Waals surface area contributed by atoms with Crippen molar-refractivity contribution in [3.63, 3.8) is 0 Å². The van der Waals surface area contributed by atoms with Crippen LogP contribution in [0.15, 0.2) is 30.5 Å². The van der Waals surface area contributed by atoms with Gasteiger partial charge < -0.3 is 5.11 Å². The van der Waals surface area contributed by atoms with E-state index in [4.69, 9.17) is 0 Å². The molecule has 1 aromatic carbocycles. The lowest BCUT2D eigenvalue weighted by Gasteiger charge is -2.28. The average molecular weight is 288 g/mol. The summed E-state index contributed by atoms with van der Waals surface area (Å²) in [4.78, 5) is 6.42. The highest BCUT2D eigenvalue weighted by atomic mass is 19.1. The summed E-state index contributed by atoms with van der Waals surface area (Å²) in [7, 11) is 1.99. The molecule has 3 nitrogen and oxygen atoms in total. The van der Waals surface area contributed by atoms with E-state index >= 15 is 0 Å². The third kappa shape index (κ3) is 3.06. The van der Waals surface area contributed by atoms with Crippen LogP contribution in [0.5, 0.6) is 0 Å². The van der Waals surface area contributed by atoms with E-state index in [9.17, 15) is 9.50 Å². The summed E-state index contributed by atoms with van der Waals surface area (Å²) in [6.45, 7) is 1.31. The molecule has 1 aromatic heterocycles. The van der Waals surface area contributed by atoms with Crippen molar-refractivity contribution in [2.45, 2.75) is 37.8 Å². The third-order valence-electron chi connectivity index (χ3n) is 4.34. The van der Waals surface area contributed by atoms with Gasteiger partial charge in [0, 0.05) is 24.7 Å². The molecule has 1 fully saturated rings. The molecule has 0 saturated heterocycles. The number of aromatic nitrogens is 1. The summed E-state index contributed by atoms with van der Waals surface area (Å²) < 4.78 is 13.8. The summed E-state index contributed by atoms with van der Waals surface area (Å²) >= 11 is 0. The highest BCUT2D eigenvalue weighted by Crippen LogP contribution is 2.30. The van der Waals surface area contributed by atoms with Crippen molar-refractivity contribution in [3.8, 4) is 0 Å². The molecular weight excluding hydrogens is 267 g/mol. The molecule has 21 heavy (non-hydrogen) atoms. The Morgan fingerprint density at radius 3 is 2.81 bits per heavy atom. The van der Waals surface area contributed by atoms with E-state index in [1.807, 2.05) is 7.05 Å². The van der Waals surface area contributed by atoms with Crippen molar-refractivity contribution in [3.05, 3.63) is 41.8 Å². The number of hydrogen-bond donors (Lipinski definition) is 1. The molecule has 1 N–H and O–H groups in total. The topological polar surface area (TPSA) is 36.4 Å². The molecule has 1 aliphatic carbocycles. The summed E-state index contributed by atoms with van der Waals surface area (Å²) in [6, 6.07) is 6.79. The van der Waals surface area contributed by atoms with E-state index in [1.54, 1.807) is 24.4 Å². The molecule has 3 rings (SSSR count). The molecule has 4 heteroatoms. The second kappa shape index (κ2) is 5.70. The van der Waals surface area contributed by atoms with E-state index in [1.165, 1.54) is 6.07 Å². The number of benzene rings is 1. The number of pyridine rings is 1. The smallest absolute Gasteiger partial charge is 0.132 e. The Hall–Kier alpha value is -1.52. The Morgan fingerprint density at radius 1 is 1.29 bits per heavy atom. The normalized spacial score (nSPS) is 17.7. The molecule has 1 heterocycles. The first-order valence-corrected chi connectivity index (χ1v) is 7.50. The lowest BCUT2D eigenvalue weighted by Crippen LogP contribution is -2.38. The van der Waals surface area contributed by atoms with Crippen molar-refractivity contribution >= 4 is 10.9 Å². The zero-order valence-corrected chi connectivity index (χ0v) is 12.3. The average Bonchev–Trinajstić information content (AvgIpc) is 2.88. The van der Waals surface area contributed by atoms with Gasteiger partial charge in [-0.3, -0.25) is 9.88 Å². The number of halogens is 1. The van der Waals surface area contributed by atoms with Gasteiger partial charge in [0.05, 0.1) is 11.1 Å². The Morgan fingerprint density at radius 2 is 2.05 bits per heavy atom. The van der Waals surface area contributed by atoms with Crippen LogP contribution in [0.2, 0.25) is 0 Å². The predicted octanol–water partition coefficient (Wildman–Crippen LogP) is 3.11. The third-order valence-corrected chi connectivity index (χ3v) is 4.34. The maximum absolute atomic E-state index is 13.8. The summed E-state index contributed by atoms with van der Waals surface area (Å²) in [5.74, 6) is -0.237. The Kier molecular flexibility index (Phi) is 3.91. The van der Waals surface area contributed by atoms with Crippen LogP contribution in [0.3, 0.4) is 0 Å². The minimum absolute atomic E-state index is 0.237. The maximum Gasteiger partial charge on any atom is 0.132 e. The molecule has 0 amide bonds. The molecule has 1 aliphatic rings. The van der Waals surface area contributed by atoms with Crippen molar-refractivity contribution in [1.82, 2.24) is 9.88 Å². The van der Waals surface area contributed by atoms with Crippen molar-refractivity contribution in [2.24, 2.45) is 0 Å². The zero-order valence-electron chi connectivity index (χ0n) is 12.3. The number of aliphatic hydroxyl groups is 1. The zero-order chi connectivity index (χ0) is 14.9. The lowest BCUT2D eigenvalue weighted by molar-refractivity contribution is 0.0146. The number of hydrogen-bond acceptors (Lipinski definition) is 3. The van der Waals surface area contributed by atoms with Crippen LogP contribution >= 0.6 is 0 Å². The molecule has 112 valence electrons. The molecular formula is C17H21FN2O. The SMILES string of the molecule is CN(Cc1ccc(F)c2cccnc12)CC1(O)CCCC1. The van der Waals surface area contributed by atoms with Gasteiger partial charge >= 0.3 is 0 Å². The highest BCUT2D eigenvalue weighted by Gasteiger charge is 2.32. The first-order chi connectivity index (χ1) is 10.1. The van der Waals surface area contributed by atoms with Crippen LogP contribution in [0.25, 0.3) is 10.9 Å². The van der Waals surface area contributed by atoms with Gasteiger partial charge in [-0.05, 0) is 43.7 Å². The summed E-state index contributed by atoms with van der Waals surface area (Å²) in [6.07, 6.45) is 5.64. The van der Waals surface area contributed by atoms with Crippen molar-refractivity contribution in [1.29, 1.82) is 0 Å². The standard InChI is InChI=1S/C17H21FN2O/c1-20(12-17(21)8-2-3-9-17)11-13-6-7-15(18)14-5-4-10-19-16(13)14/h4-7,10,21H,2-3,8-9,11-12H2,1H3. The van der Waals surface area contributed by atoms with E-state index in [0.29, 0.717) is 24.0 Å². The highest BCUT2D eigenvalue weighted by molar-refractivity contribution is 5.82. The second-order valence-electron chi connectivity index (χ2n) is 6.21. The fraction of sp³-hybridized carbons (Fsp3) is 0.471. The van der Waals surface area contributed by atoms with Gasteiger partial charge in [0.1, 0.15) is 5.82 Å². The molecule has 2 aromatic rings. The van der Waals surface area contributed by atoms with E-state index < -0.39 is 5.60 Å². The van der Waals surface area contributed by atoms with Crippen LogP contribution in [0, 0.1) is 5.82 Å². The van der Waals surface area contributed by atoms with Gasteiger partial charge in [0.15, 0.2) is 0 Å². The predicted molar refractivity (Wildman–Crippen MR) is 81.5 cm³/mol. The van der Waals surface area contributed by atoms with Gasteiger partial charge in [-0.1, -0.05) is 18.9 Å². The fourth-order valence-electron chi connectivity index (χ4n) is 3.36. The minimum atomic E-state index is -0.558. The largest absolute Gasteiger partial charge is 0.389 e. The molecule has 0 aliphatic heterocycles. The first kappa shape index (κ1) is 14.4. The van der Waals surface area contributed by atoms with Crippen LogP contribution in [-0.4, -0.2) is 34.2 Å². The summed E-state index contributed by atoms with van der Waals surface area (Å²) in [5, 5.41) is 11.0. The Labute approximate surface area is 124 Å². The Bertz CT molecular complexity index is 638. The number of fused-ring (bicyclic) bond motifs is 1. The monoisotopic (exact) mass is 288 g/mol. The maximum atomic E-state index is 13.8. The molecule has 1 saturated carbocycles. The van der Waals surface area contributed by atoms with Crippen LogP contribution in [-0.2, 0) is 6.54 Å². The van der Waals surface area contributed by atoms with Gasteiger partial charge in [-0.2, -0.15) is 0 Å². The van der Waals surface area contributed by atoms with Gasteiger partial charge in [0.2, 0.25) is 0 Å². The van der Waals surface area contributed by atoms with Crippen LogP contribution in [0.1, 0.15) is 31.2 Å². The number of nitrogens with zero attached hydrogens (tertiary/aromatic N) is 2.